The topological polar surface area (TPSA) is 102 Å². The molecule has 0 bridgehead atoms. The van der Waals surface area contributed by atoms with Gasteiger partial charge in [0.2, 0.25) is 11.8 Å². The van der Waals surface area contributed by atoms with Crippen LogP contribution < -0.4 is 4.90 Å². The van der Waals surface area contributed by atoms with Crippen LogP contribution in [0.3, 0.4) is 0 Å². The van der Waals surface area contributed by atoms with E-state index in [9.17, 15) is 27.6 Å². The first-order chi connectivity index (χ1) is 18.6. The van der Waals surface area contributed by atoms with Crippen molar-refractivity contribution >= 4 is 34.4 Å². The maximum Gasteiger partial charge on any atom is 0.408 e. The van der Waals surface area contributed by atoms with Crippen molar-refractivity contribution in [2.75, 3.05) is 31.1 Å². The molecule has 3 aliphatic heterocycles. The molecule has 0 aliphatic carbocycles. The van der Waals surface area contributed by atoms with Crippen molar-refractivity contribution < 1.29 is 27.6 Å². The molecule has 3 amide bonds. The number of H-pyrrole nitrogens is 1. The van der Waals surface area contributed by atoms with Crippen molar-refractivity contribution in [1.82, 2.24) is 25.0 Å². The number of piperidine rings is 1. The van der Waals surface area contributed by atoms with Crippen LogP contribution in [0.1, 0.15) is 47.2 Å². The minimum Gasteiger partial charge on any atom is -0.339 e. The molecular formula is C27H27F3N6O3. The Morgan fingerprint density at radius 3 is 2.67 bits per heavy atom. The molecule has 2 fully saturated rings. The van der Waals surface area contributed by atoms with Gasteiger partial charge in [-0.05, 0) is 55.9 Å². The zero-order chi connectivity index (χ0) is 27.5. The van der Waals surface area contributed by atoms with Crippen molar-refractivity contribution in [2.24, 2.45) is 0 Å². The summed E-state index contributed by atoms with van der Waals surface area (Å²) in [6.07, 6.45) is -0.587. The number of hydrogen-bond donors (Lipinski definition) is 1. The number of anilines is 1. The summed E-state index contributed by atoms with van der Waals surface area (Å²) in [5, 5.41) is 7.40. The van der Waals surface area contributed by atoms with E-state index in [0.29, 0.717) is 42.8 Å². The number of rotatable bonds is 3. The van der Waals surface area contributed by atoms with Gasteiger partial charge in [0.1, 0.15) is 12.6 Å². The Balaban J connectivity index is 1.24. The van der Waals surface area contributed by atoms with E-state index < -0.39 is 30.1 Å². The van der Waals surface area contributed by atoms with E-state index in [1.807, 2.05) is 13.0 Å². The molecular weight excluding hydrogens is 513 g/mol. The van der Waals surface area contributed by atoms with Crippen LogP contribution in [0.5, 0.6) is 0 Å². The number of benzene rings is 1. The van der Waals surface area contributed by atoms with Gasteiger partial charge in [0.25, 0.3) is 5.91 Å². The van der Waals surface area contributed by atoms with E-state index in [2.05, 4.69) is 15.2 Å². The molecule has 9 nitrogen and oxygen atoms in total. The molecule has 1 spiro atoms. The summed E-state index contributed by atoms with van der Waals surface area (Å²) in [6.45, 7) is 2.09. The van der Waals surface area contributed by atoms with Gasteiger partial charge in [0, 0.05) is 36.9 Å². The van der Waals surface area contributed by atoms with E-state index in [1.54, 1.807) is 29.3 Å². The van der Waals surface area contributed by atoms with Gasteiger partial charge in [-0.15, -0.1) is 0 Å². The van der Waals surface area contributed by atoms with Crippen LogP contribution in [-0.2, 0) is 15.0 Å². The smallest absolute Gasteiger partial charge is 0.339 e. The van der Waals surface area contributed by atoms with Crippen LogP contribution in [0.15, 0.2) is 36.7 Å². The number of amides is 3. The molecule has 3 aromatic rings. The fourth-order valence-electron chi connectivity index (χ4n) is 6.45. The quantitative estimate of drug-likeness (QED) is 0.549. The molecule has 2 saturated heterocycles. The summed E-state index contributed by atoms with van der Waals surface area (Å²) in [5.74, 6) is -1.20. The van der Waals surface area contributed by atoms with Crippen LogP contribution in [-0.4, -0.2) is 81.1 Å². The third-order valence-electron chi connectivity index (χ3n) is 8.36. The number of aromatic amines is 1. The molecule has 204 valence electrons. The lowest BCUT2D eigenvalue weighted by Crippen LogP contribution is -2.53. The normalized spacial score (nSPS) is 20.8. The maximum atomic E-state index is 14.0. The summed E-state index contributed by atoms with van der Waals surface area (Å²) in [6, 6.07) is 5.32. The Kier molecular flexibility index (Phi) is 5.88. The van der Waals surface area contributed by atoms with Gasteiger partial charge in [-0.25, -0.2) is 4.98 Å². The maximum absolute atomic E-state index is 14.0. The van der Waals surface area contributed by atoms with Crippen LogP contribution in [0.2, 0.25) is 0 Å². The first-order valence-electron chi connectivity index (χ1n) is 13.0. The molecule has 39 heavy (non-hydrogen) atoms. The Morgan fingerprint density at radius 1 is 1.15 bits per heavy atom. The molecule has 1 N–H and O–H groups in total. The number of pyridine rings is 1. The highest BCUT2D eigenvalue weighted by Crippen LogP contribution is 2.49. The Bertz CT molecular complexity index is 1480. The van der Waals surface area contributed by atoms with E-state index >= 15 is 0 Å². The van der Waals surface area contributed by atoms with Crippen molar-refractivity contribution in [3.8, 4) is 0 Å². The molecule has 5 heterocycles. The standard InChI is InChI=1S/C27H27F3N6O3/c1-16-4-2-5-19-22(16)26(25(39)36(19)15-21(37)35-9-3-6-20(35)27(28,29)30)7-10-34(11-8-26)24(38)18-12-17-14-32-33-23(17)31-13-18/h2,4-5,12-14,20H,3,6-11,15H2,1H3,(H,31,32,33)/t20-/m0/s1. The summed E-state index contributed by atoms with van der Waals surface area (Å²) < 4.78 is 40.5. The van der Waals surface area contributed by atoms with Gasteiger partial charge in [0.05, 0.1) is 17.2 Å². The van der Waals surface area contributed by atoms with Gasteiger partial charge < -0.3 is 14.7 Å². The molecule has 0 saturated carbocycles. The average Bonchev–Trinajstić information content (AvgIpc) is 3.64. The third-order valence-corrected chi connectivity index (χ3v) is 8.36. The fourth-order valence-corrected chi connectivity index (χ4v) is 6.45. The number of alkyl halides is 3. The number of likely N-dealkylation sites (tertiary alicyclic amines) is 2. The first-order valence-corrected chi connectivity index (χ1v) is 13.0. The largest absolute Gasteiger partial charge is 0.408 e. The lowest BCUT2D eigenvalue weighted by Gasteiger charge is -2.39. The highest BCUT2D eigenvalue weighted by Gasteiger charge is 2.54. The number of halogens is 3. The zero-order valence-corrected chi connectivity index (χ0v) is 21.3. The number of nitrogens with zero attached hydrogens (tertiary/aromatic N) is 5. The molecule has 0 unspecified atom stereocenters. The number of fused-ring (bicyclic) bond motifs is 3. The molecule has 3 aliphatic rings. The van der Waals surface area contributed by atoms with E-state index in [-0.39, 0.29) is 31.2 Å². The summed E-state index contributed by atoms with van der Waals surface area (Å²) in [4.78, 5) is 48.5. The second-order valence-corrected chi connectivity index (χ2v) is 10.6. The second-order valence-electron chi connectivity index (χ2n) is 10.6. The number of aryl methyl sites for hydroxylation is 1. The third kappa shape index (κ3) is 4.04. The minimum absolute atomic E-state index is 0.0212. The molecule has 1 atom stereocenters. The summed E-state index contributed by atoms with van der Waals surface area (Å²) >= 11 is 0. The SMILES string of the molecule is Cc1cccc2c1C1(CCN(C(=O)c3cnc4[nH]ncc4c3)CC1)C(=O)N2CC(=O)N1CCC[C@H]1C(F)(F)F. The van der Waals surface area contributed by atoms with Crippen molar-refractivity contribution in [1.29, 1.82) is 0 Å². The number of carbonyl (C=O) groups is 3. The van der Waals surface area contributed by atoms with Gasteiger partial charge in [-0.3, -0.25) is 19.5 Å². The summed E-state index contributed by atoms with van der Waals surface area (Å²) in [5.41, 5.74) is 2.29. The van der Waals surface area contributed by atoms with Crippen molar-refractivity contribution in [3.63, 3.8) is 0 Å². The van der Waals surface area contributed by atoms with E-state index in [0.717, 1.165) is 21.4 Å². The fraction of sp³-hybridized carbons (Fsp3) is 0.444. The lowest BCUT2D eigenvalue weighted by atomic mass is 9.72. The number of aromatic nitrogens is 3. The Labute approximate surface area is 222 Å². The second kappa shape index (κ2) is 9.06. The molecule has 0 radical (unpaired) electrons. The Morgan fingerprint density at radius 2 is 1.92 bits per heavy atom. The van der Waals surface area contributed by atoms with Crippen LogP contribution in [0.25, 0.3) is 11.0 Å². The van der Waals surface area contributed by atoms with E-state index in [4.69, 9.17) is 0 Å². The van der Waals surface area contributed by atoms with Gasteiger partial charge in [-0.1, -0.05) is 12.1 Å². The molecule has 12 heteroatoms. The predicted molar refractivity (Wildman–Crippen MR) is 135 cm³/mol. The average molecular weight is 541 g/mol. The number of hydrogen-bond acceptors (Lipinski definition) is 5. The Hall–Kier alpha value is -3.96. The van der Waals surface area contributed by atoms with Gasteiger partial charge in [-0.2, -0.15) is 18.3 Å². The first kappa shape index (κ1) is 25.3. The van der Waals surface area contributed by atoms with Crippen molar-refractivity contribution in [2.45, 2.75) is 50.2 Å². The van der Waals surface area contributed by atoms with Crippen LogP contribution in [0.4, 0.5) is 18.9 Å². The lowest BCUT2D eigenvalue weighted by molar-refractivity contribution is -0.182. The minimum atomic E-state index is -4.51. The highest BCUT2D eigenvalue weighted by molar-refractivity contribution is 6.11. The zero-order valence-electron chi connectivity index (χ0n) is 21.3. The molecule has 6 rings (SSSR count). The number of nitrogens with one attached hydrogen (secondary N) is 1. The number of carbonyl (C=O) groups excluding carboxylic acids is 3. The highest BCUT2D eigenvalue weighted by atomic mass is 19.4. The molecule has 2 aromatic heterocycles. The monoisotopic (exact) mass is 540 g/mol. The van der Waals surface area contributed by atoms with Crippen LogP contribution >= 0.6 is 0 Å². The molecule has 1 aromatic carbocycles. The van der Waals surface area contributed by atoms with E-state index in [1.165, 1.54) is 11.1 Å². The van der Waals surface area contributed by atoms with Gasteiger partial charge in [0.15, 0.2) is 5.65 Å². The van der Waals surface area contributed by atoms with Crippen LogP contribution in [0, 0.1) is 6.92 Å². The summed E-state index contributed by atoms with van der Waals surface area (Å²) in [7, 11) is 0. The predicted octanol–water partition coefficient (Wildman–Crippen LogP) is 3.34. The van der Waals surface area contributed by atoms with Gasteiger partial charge >= 0.3 is 6.18 Å². The van der Waals surface area contributed by atoms with Crippen molar-refractivity contribution in [3.05, 3.63) is 53.3 Å².